The van der Waals surface area contributed by atoms with Gasteiger partial charge in [-0.1, -0.05) is 46.0 Å². The van der Waals surface area contributed by atoms with E-state index in [4.69, 9.17) is 5.11 Å². The van der Waals surface area contributed by atoms with E-state index in [2.05, 4.69) is 13.8 Å². The quantitative estimate of drug-likeness (QED) is 0.432. The second-order valence-electron chi connectivity index (χ2n) is 3.66. The van der Waals surface area contributed by atoms with E-state index in [-0.39, 0.29) is 0 Å². The summed E-state index contributed by atoms with van der Waals surface area (Å²) in [5.41, 5.74) is 1.19. The molecule has 0 bridgehead atoms. The van der Waals surface area contributed by atoms with Gasteiger partial charge in [-0.15, -0.1) is 0 Å². The van der Waals surface area contributed by atoms with Crippen molar-refractivity contribution in [1.29, 1.82) is 0 Å². The standard InChI is InChI=1S/C12H24O/c1-3-5-6-7-8-9-10-12(4-2)11-13/h11,13H,3-10H2,1-2H3. The summed E-state index contributed by atoms with van der Waals surface area (Å²) in [6.45, 7) is 4.34. The van der Waals surface area contributed by atoms with Crippen molar-refractivity contribution >= 4 is 0 Å². The molecule has 13 heavy (non-hydrogen) atoms. The van der Waals surface area contributed by atoms with Crippen LogP contribution in [0.15, 0.2) is 11.8 Å². The average molecular weight is 184 g/mol. The molecule has 0 saturated heterocycles. The second-order valence-corrected chi connectivity index (χ2v) is 3.66. The lowest BCUT2D eigenvalue weighted by Gasteiger charge is -2.02. The molecule has 0 saturated carbocycles. The maximum Gasteiger partial charge on any atom is 0.0783 e. The molecule has 1 heteroatoms. The lowest BCUT2D eigenvalue weighted by Crippen LogP contribution is -1.84. The number of hydrogen-bond donors (Lipinski definition) is 1. The minimum atomic E-state index is 0.992. The molecule has 1 N–H and O–H groups in total. The van der Waals surface area contributed by atoms with Gasteiger partial charge < -0.3 is 5.11 Å². The lowest BCUT2D eigenvalue weighted by molar-refractivity contribution is 0.459. The summed E-state index contributed by atoms with van der Waals surface area (Å²) >= 11 is 0. The third-order valence-electron chi connectivity index (χ3n) is 2.49. The van der Waals surface area contributed by atoms with Gasteiger partial charge in [-0.3, -0.25) is 0 Å². The number of aliphatic hydroxyl groups excluding tert-OH is 1. The predicted octanol–water partition coefficient (Wildman–Crippen LogP) is 4.59. The number of allylic oxidation sites excluding steroid dienone is 1. The molecule has 0 aliphatic rings. The van der Waals surface area contributed by atoms with Gasteiger partial charge in [-0.25, -0.2) is 0 Å². The fraction of sp³-hybridized carbons (Fsp3) is 0.833. The first-order valence-corrected chi connectivity index (χ1v) is 5.67. The van der Waals surface area contributed by atoms with Crippen molar-refractivity contribution < 1.29 is 5.11 Å². The van der Waals surface area contributed by atoms with Crippen molar-refractivity contribution in [2.45, 2.75) is 65.2 Å². The van der Waals surface area contributed by atoms with Crippen LogP contribution in [0.1, 0.15) is 65.2 Å². The summed E-state index contributed by atoms with van der Waals surface area (Å²) in [5.74, 6) is 0. The maximum atomic E-state index is 8.80. The summed E-state index contributed by atoms with van der Waals surface area (Å²) in [6.07, 6.45) is 11.3. The van der Waals surface area contributed by atoms with Crippen LogP contribution < -0.4 is 0 Å². The van der Waals surface area contributed by atoms with E-state index in [0.29, 0.717) is 0 Å². The molecule has 0 unspecified atom stereocenters. The van der Waals surface area contributed by atoms with Crippen LogP contribution in [0.4, 0.5) is 0 Å². The molecule has 0 aromatic carbocycles. The van der Waals surface area contributed by atoms with Gasteiger partial charge in [0.1, 0.15) is 0 Å². The van der Waals surface area contributed by atoms with Crippen LogP contribution in [-0.4, -0.2) is 5.11 Å². The van der Waals surface area contributed by atoms with Crippen molar-refractivity contribution in [2.75, 3.05) is 0 Å². The van der Waals surface area contributed by atoms with Crippen LogP contribution in [-0.2, 0) is 0 Å². The molecule has 0 rings (SSSR count). The highest BCUT2D eigenvalue weighted by Crippen LogP contribution is 2.13. The highest BCUT2D eigenvalue weighted by atomic mass is 16.2. The Labute approximate surface area is 82.9 Å². The fourth-order valence-electron chi connectivity index (χ4n) is 1.47. The largest absolute Gasteiger partial charge is 0.516 e. The Kier molecular flexibility index (Phi) is 9.29. The van der Waals surface area contributed by atoms with E-state index >= 15 is 0 Å². The highest BCUT2D eigenvalue weighted by molar-refractivity contribution is 4.95. The monoisotopic (exact) mass is 184 g/mol. The van der Waals surface area contributed by atoms with E-state index in [9.17, 15) is 0 Å². The maximum absolute atomic E-state index is 8.80. The smallest absolute Gasteiger partial charge is 0.0783 e. The average Bonchev–Trinajstić information content (AvgIpc) is 2.17. The first kappa shape index (κ1) is 12.5. The molecule has 1 nitrogen and oxygen atoms in total. The first-order valence-electron chi connectivity index (χ1n) is 5.67. The molecule has 0 aliphatic heterocycles. The summed E-state index contributed by atoms with van der Waals surface area (Å²) < 4.78 is 0. The van der Waals surface area contributed by atoms with E-state index in [1.165, 1.54) is 50.4 Å². The highest BCUT2D eigenvalue weighted by Gasteiger charge is 1.94. The van der Waals surface area contributed by atoms with E-state index < -0.39 is 0 Å². The zero-order valence-corrected chi connectivity index (χ0v) is 9.18. The van der Waals surface area contributed by atoms with Crippen LogP contribution in [0.5, 0.6) is 0 Å². The fourth-order valence-corrected chi connectivity index (χ4v) is 1.47. The Morgan fingerprint density at radius 3 is 2.15 bits per heavy atom. The van der Waals surface area contributed by atoms with Gasteiger partial charge >= 0.3 is 0 Å². The van der Waals surface area contributed by atoms with Gasteiger partial charge in [0.05, 0.1) is 6.26 Å². The summed E-state index contributed by atoms with van der Waals surface area (Å²) in [7, 11) is 0. The zero-order chi connectivity index (χ0) is 9.94. The SMILES string of the molecule is CCCCCCCCC(=CO)CC. The van der Waals surface area contributed by atoms with Crippen LogP contribution in [0.25, 0.3) is 0 Å². The number of aliphatic hydroxyl groups is 1. The van der Waals surface area contributed by atoms with Crippen molar-refractivity contribution in [2.24, 2.45) is 0 Å². The number of hydrogen-bond acceptors (Lipinski definition) is 1. The number of rotatable bonds is 8. The van der Waals surface area contributed by atoms with E-state index in [1.54, 1.807) is 0 Å². The van der Waals surface area contributed by atoms with Crippen LogP contribution >= 0.6 is 0 Å². The van der Waals surface area contributed by atoms with E-state index in [1.807, 2.05) is 0 Å². The summed E-state index contributed by atoms with van der Waals surface area (Å²) in [6, 6.07) is 0. The summed E-state index contributed by atoms with van der Waals surface area (Å²) in [5, 5.41) is 8.80. The zero-order valence-electron chi connectivity index (χ0n) is 9.18. The van der Waals surface area contributed by atoms with Gasteiger partial charge in [0.25, 0.3) is 0 Å². The van der Waals surface area contributed by atoms with E-state index in [0.717, 1.165) is 12.8 Å². The molecule has 0 amide bonds. The van der Waals surface area contributed by atoms with Crippen LogP contribution in [0.3, 0.4) is 0 Å². The molecule has 0 aromatic heterocycles. The van der Waals surface area contributed by atoms with Gasteiger partial charge in [0.2, 0.25) is 0 Å². The van der Waals surface area contributed by atoms with Crippen molar-refractivity contribution in [3.63, 3.8) is 0 Å². The van der Waals surface area contributed by atoms with Crippen molar-refractivity contribution in [1.82, 2.24) is 0 Å². The third kappa shape index (κ3) is 7.89. The first-order chi connectivity index (χ1) is 6.35. The molecule has 0 heterocycles. The predicted molar refractivity (Wildman–Crippen MR) is 59.0 cm³/mol. The topological polar surface area (TPSA) is 20.2 Å². The van der Waals surface area contributed by atoms with Gasteiger partial charge in [0.15, 0.2) is 0 Å². The van der Waals surface area contributed by atoms with Crippen molar-refractivity contribution in [3.8, 4) is 0 Å². The minimum Gasteiger partial charge on any atom is -0.516 e. The molecule has 78 valence electrons. The minimum absolute atomic E-state index is 0.992. The molecule has 0 fully saturated rings. The second kappa shape index (κ2) is 9.63. The van der Waals surface area contributed by atoms with Crippen molar-refractivity contribution in [3.05, 3.63) is 11.8 Å². The Hall–Kier alpha value is -0.460. The number of unbranched alkanes of at least 4 members (excludes halogenated alkanes) is 5. The molecule has 0 atom stereocenters. The van der Waals surface area contributed by atoms with Crippen LogP contribution in [0.2, 0.25) is 0 Å². The molecular formula is C12H24O. The Morgan fingerprint density at radius 1 is 1.00 bits per heavy atom. The van der Waals surface area contributed by atoms with Gasteiger partial charge in [-0.2, -0.15) is 0 Å². The Morgan fingerprint density at radius 2 is 1.62 bits per heavy atom. The lowest BCUT2D eigenvalue weighted by atomic mass is 10.0. The van der Waals surface area contributed by atoms with Gasteiger partial charge in [0, 0.05) is 0 Å². The molecule has 0 aliphatic carbocycles. The third-order valence-corrected chi connectivity index (χ3v) is 2.49. The molecule has 0 spiro atoms. The van der Waals surface area contributed by atoms with Gasteiger partial charge in [-0.05, 0) is 24.8 Å². The molecule has 0 radical (unpaired) electrons. The Balaban J connectivity index is 3.15. The molecule has 0 aromatic rings. The summed E-state index contributed by atoms with van der Waals surface area (Å²) in [4.78, 5) is 0. The Bertz CT molecular complexity index is 127. The normalized spacial score (nSPS) is 12.0. The molecular weight excluding hydrogens is 160 g/mol. The van der Waals surface area contributed by atoms with Crippen LogP contribution in [0, 0.1) is 0 Å².